The molecule has 0 bridgehead atoms. The number of rotatable bonds is 2. The second-order valence-corrected chi connectivity index (χ2v) is 4.70. The summed E-state index contributed by atoms with van der Waals surface area (Å²) in [5, 5.41) is 5.43. The molecule has 0 saturated heterocycles. The number of pyridine rings is 1. The highest BCUT2D eigenvalue weighted by Crippen LogP contribution is 2.19. The van der Waals surface area contributed by atoms with Gasteiger partial charge in [0, 0.05) is 17.1 Å². The van der Waals surface area contributed by atoms with Crippen molar-refractivity contribution >= 4 is 23.1 Å². The van der Waals surface area contributed by atoms with E-state index in [1.54, 1.807) is 23.3 Å². The van der Waals surface area contributed by atoms with Crippen molar-refractivity contribution in [1.82, 2.24) is 14.6 Å². The van der Waals surface area contributed by atoms with Crippen molar-refractivity contribution in [3.8, 4) is 0 Å². The molecule has 5 nitrogen and oxygen atoms in total. The first-order chi connectivity index (χ1) is 9.65. The van der Waals surface area contributed by atoms with E-state index in [9.17, 15) is 0 Å². The Labute approximate surface area is 116 Å². The molecule has 0 radical (unpaired) electrons. The number of hydrogen-bond acceptors (Lipinski definition) is 4. The van der Waals surface area contributed by atoms with E-state index in [1.807, 2.05) is 38.1 Å². The van der Waals surface area contributed by atoms with Gasteiger partial charge in [0.1, 0.15) is 0 Å². The molecule has 2 N–H and O–H groups in total. The second kappa shape index (κ2) is 4.77. The summed E-state index contributed by atoms with van der Waals surface area (Å²) in [4.78, 5) is 8.53. The van der Waals surface area contributed by atoms with Crippen molar-refractivity contribution in [2.45, 2.75) is 13.8 Å². The van der Waals surface area contributed by atoms with E-state index in [-0.39, 0.29) is 0 Å². The minimum Gasteiger partial charge on any atom is -0.368 e. The van der Waals surface area contributed by atoms with Crippen molar-refractivity contribution in [1.29, 1.82) is 0 Å². The van der Waals surface area contributed by atoms with Crippen LogP contribution in [0.25, 0.3) is 10.9 Å². The van der Waals surface area contributed by atoms with Crippen LogP contribution in [0.3, 0.4) is 0 Å². The number of anilines is 1. The normalized spacial score (nSPS) is 11.5. The maximum atomic E-state index is 5.77. The highest BCUT2D eigenvalue weighted by Gasteiger charge is 2.03. The third-order valence-corrected chi connectivity index (χ3v) is 3.16. The number of nitrogens with two attached hydrogens (primary N) is 1. The van der Waals surface area contributed by atoms with Crippen molar-refractivity contribution in [2.75, 3.05) is 5.73 Å². The maximum Gasteiger partial charge on any atom is 0.221 e. The third kappa shape index (κ3) is 2.14. The predicted molar refractivity (Wildman–Crippen MR) is 80.8 cm³/mol. The maximum absolute atomic E-state index is 5.77. The van der Waals surface area contributed by atoms with Crippen LogP contribution in [0.1, 0.15) is 16.8 Å². The first-order valence-corrected chi connectivity index (χ1v) is 6.35. The Hall–Kier alpha value is -2.69. The molecular formula is C15H15N5. The lowest BCUT2D eigenvalue weighted by Crippen LogP contribution is -1.97. The molecule has 0 aliphatic rings. The number of benzene rings is 1. The molecule has 0 fully saturated rings. The van der Waals surface area contributed by atoms with Crippen LogP contribution in [-0.2, 0) is 0 Å². The number of nitrogens with zero attached hydrogens (tertiary/aromatic N) is 4. The van der Waals surface area contributed by atoms with E-state index in [0.29, 0.717) is 5.95 Å². The summed E-state index contributed by atoms with van der Waals surface area (Å²) in [6, 6.07) is 8.04. The van der Waals surface area contributed by atoms with Gasteiger partial charge in [-0.1, -0.05) is 18.2 Å². The molecule has 0 saturated carbocycles. The third-order valence-electron chi connectivity index (χ3n) is 3.16. The van der Waals surface area contributed by atoms with Crippen LogP contribution in [0.2, 0.25) is 0 Å². The monoisotopic (exact) mass is 265 g/mol. The van der Waals surface area contributed by atoms with Crippen molar-refractivity contribution in [3.05, 3.63) is 53.5 Å². The topological polar surface area (TPSA) is 69.1 Å². The van der Waals surface area contributed by atoms with Crippen LogP contribution < -0.4 is 5.73 Å². The van der Waals surface area contributed by atoms with Gasteiger partial charge in [-0.15, -0.1) is 0 Å². The number of aromatic nitrogens is 3. The zero-order valence-electron chi connectivity index (χ0n) is 11.4. The van der Waals surface area contributed by atoms with Gasteiger partial charge in [0.05, 0.1) is 23.6 Å². The van der Waals surface area contributed by atoms with Crippen LogP contribution in [0.15, 0.2) is 41.8 Å². The summed E-state index contributed by atoms with van der Waals surface area (Å²) >= 11 is 0. The molecule has 0 unspecified atom stereocenters. The Morgan fingerprint density at radius 2 is 2.10 bits per heavy atom. The fourth-order valence-corrected chi connectivity index (χ4v) is 2.17. The van der Waals surface area contributed by atoms with Gasteiger partial charge in [-0.2, -0.15) is 5.10 Å². The zero-order valence-corrected chi connectivity index (χ0v) is 11.4. The van der Waals surface area contributed by atoms with Crippen molar-refractivity contribution < 1.29 is 0 Å². The second-order valence-electron chi connectivity index (χ2n) is 4.70. The van der Waals surface area contributed by atoms with Gasteiger partial charge in [-0.3, -0.25) is 4.98 Å². The van der Waals surface area contributed by atoms with Gasteiger partial charge in [0.25, 0.3) is 0 Å². The standard InChI is InChI=1S/C15H15N5/c1-10-5-6-12(13-4-3-7-17-14(10)13)8-18-20-9-11(2)19-15(20)16/h3-9H,1-2H3,(H2,16,19). The Morgan fingerprint density at radius 1 is 1.25 bits per heavy atom. The smallest absolute Gasteiger partial charge is 0.221 e. The van der Waals surface area contributed by atoms with E-state index < -0.39 is 0 Å². The number of hydrogen-bond donors (Lipinski definition) is 1. The summed E-state index contributed by atoms with van der Waals surface area (Å²) in [7, 11) is 0. The van der Waals surface area contributed by atoms with E-state index in [4.69, 9.17) is 5.73 Å². The lowest BCUT2D eigenvalue weighted by atomic mass is 10.1. The molecule has 20 heavy (non-hydrogen) atoms. The summed E-state index contributed by atoms with van der Waals surface area (Å²) in [6.45, 7) is 3.93. The lowest BCUT2D eigenvalue weighted by Gasteiger charge is -2.04. The Kier molecular flexibility index (Phi) is 2.95. The average Bonchev–Trinajstić information content (AvgIpc) is 2.77. The molecule has 0 aliphatic heterocycles. The molecule has 1 aromatic carbocycles. The van der Waals surface area contributed by atoms with Gasteiger partial charge in [0.2, 0.25) is 5.95 Å². The zero-order chi connectivity index (χ0) is 14.1. The van der Waals surface area contributed by atoms with Crippen molar-refractivity contribution in [2.24, 2.45) is 5.10 Å². The minimum absolute atomic E-state index is 0.383. The van der Waals surface area contributed by atoms with E-state index in [2.05, 4.69) is 15.1 Å². The highest BCUT2D eigenvalue weighted by molar-refractivity contribution is 5.99. The summed E-state index contributed by atoms with van der Waals surface area (Å²) < 4.78 is 1.57. The summed E-state index contributed by atoms with van der Waals surface area (Å²) in [5.41, 5.74) is 9.76. The molecule has 0 amide bonds. The number of fused-ring (bicyclic) bond motifs is 1. The Bertz CT molecular complexity index is 801. The Morgan fingerprint density at radius 3 is 2.85 bits per heavy atom. The minimum atomic E-state index is 0.383. The van der Waals surface area contributed by atoms with Gasteiger partial charge >= 0.3 is 0 Å². The van der Waals surface area contributed by atoms with E-state index in [1.165, 1.54) is 0 Å². The molecule has 3 aromatic rings. The molecule has 2 heterocycles. The van der Waals surface area contributed by atoms with E-state index in [0.717, 1.165) is 27.7 Å². The number of aryl methyl sites for hydroxylation is 2. The van der Waals surface area contributed by atoms with Gasteiger partial charge in [0.15, 0.2) is 0 Å². The molecule has 3 rings (SSSR count). The average molecular weight is 265 g/mol. The van der Waals surface area contributed by atoms with Crippen LogP contribution in [0, 0.1) is 13.8 Å². The van der Waals surface area contributed by atoms with Crippen LogP contribution in [-0.4, -0.2) is 20.9 Å². The summed E-state index contributed by atoms with van der Waals surface area (Å²) in [6.07, 6.45) is 5.37. The predicted octanol–water partition coefficient (Wildman–Crippen LogP) is 2.51. The largest absolute Gasteiger partial charge is 0.368 e. The fraction of sp³-hybridized carbons (Fsp3) is 0.133. The quantitative estimate of drug-likeness (QED) is 0.724. The number of imidazole rings is 1. The van der Waals surface area contributed by atoms with Gasteiger partial charge in [-0.05, 0) is 25.5 Å². The van der Waals surface area contributed by atoms with Crippen LogP contribution >= 0.6 is 0 Å². The lowest BCUT2D eigenvalue weighted by molar-refractivity contribution is 0.897. The van der Waals surface area contributed by atoms with Crippen LogP contribution in [0.5, 0.6) is 0 Å². The molecule has 0 spiro atoms. The highest BCUT2D eigenvalue weighted by atomic mass is 15.4. The fourth-order valence-electron chi connectivity index (χ4n) is 2.17. The first kappa shape index (κ1) is 12.3. The van der Waals surface area contributed by atoms with Gasteiger partial charge < -0.3 is 5.73 Å². The van der Waals surface area contributed by atoms with Crippen molar-refractivity contribution in [3.63, 3.8) is 0 Å². The van der Waals surface area contributed by atoms with Gasteiger partial charge in [-0.25, -0.2) is 9.66 Å². The van der Waals surface area contributed by atoms with Crippen LogP contribution in [0.4, 0.5) is 5.95 Å². The molecular weight excluding hydrogens is 250 g/mol. The number of nitrogen functional groups attached to an aromatic ring is 1. The Balaban J connectivity index is 2.07. The molecule has 5 heteroatoms. The first-order valence-electron chi connectivity index (χ1n) is 6.35. The molecule has 100 valence electrons. The molecule has 0 atom stereocenters. The molecule has 2 aromatic heterocycles. The SMILES string of the molecule is Cc1cn(N=Cc2ccc(C)c3ncccc23)c(N)n1. The van der Waals surface area contributed by atoms with E-state index >= 15 is 0 Å². The molecule has 0 aliphatic carbocycles. The summed E-state index contributed by atoms with van der Waals surface area (Å²) in [5.74, 6) is 0.383.